The molecule has 2 amide bonds. The van der Waals surface area contributed by atoms with E-state index in [4.69, 9.17) is 28.9 Å². The first-order chi connectivity index (χ1) is 33.8. The number of allylic oxidation sites excluding steroid dienone is 1. The van der Waals surface area contributed by atoms with Gasteiger partial charge in [0, 0.05) is 44.2 Å². The van der Waals surface area contributed by atoms with Gasteiger partial charge in [-0.15, -0.1) is 6.58 Å². The maximum Gasteiger partial charge on any atom is 0.412 e. The molecule has 3 N–H and O–H groups in total. The van der Waals surface area contributed by atoms with Gasteiger partial charge < -0.3 is 39.3 Å². The van der Waals surface area contributed by atoms with Crippen molar-refractivity contribution in [2.75, 3.05) is 46.6 Å². The zero-order valence-electron chi connectivity index (χ0n) is 43.7. The van der Waals surface area contributed by atoms with Crippen molar-refractivity contribution in [3.05, 3.63) is 48.1 Å². The fourth-order valence-electron chi connectivity index (χ4n) is 11.2. The lowest BCUT2D eigenvalue weighted by molar-refractivity contribution is -0.255. The molecule has 69 heavy (non-hydrogen) atoms. The predicted molar refractivity (Wildman–Crippen MR) is 278 cm³/mol. The number of aliphatic hydroxyl groups is 2. The summed E-state index contributed by atoms with van der Waals surface area (Å²) in [6.07, 6.45) is 32.9. The maximum atomic E-state index is 14.5. The Balaban J connectivity index is 1.65. The molecule has 0 saturated heterocycles. The smallest absolute Gasteiger partial charge is 0.412 e. The number of ether oxygens (including phenoxy) is 4. The van der Waals surface area contributed by atoms with Gasteiger partial charge in [0.1, 0.15) is 24.7 Å². The molecule has 4 rings (SSSR count). The minimum absolute atomic E-state index is 0.0456. The normalized spacial score (nSPS) is 22.0. The number of unbranched alkanes of at least 4 members (excludes halogenated alkanes) is 20. The summed E-state index contributed by atoms with van der Waals surface area (Å²) in [4.78, 5) is 35.2. The molecule has 0 unspecified atom stereocenters. The van der Waals surface area contributed by atoms with Crippen molar-refractivity contribution < 1.29 is 43.6 Å². The van der Waals surface area contributed by atoms with Crippen molar-refractivity contribution in [2.24, 2.45) is 22.9 Å². The van der Waals surface area contributed by atoms with Gasteiger partial charge in [0.15, 0.2) is 0 Å². The number of benzene rings is 1. The third-order valence-corrected chi connectivity index (χ3v) is 14.7. The molecule has 0 radical (unpaired) electrons. The summed E-state index contributed by atoms with van der Waals surface area (Å²) < 4.78 is 26.5. The Kier molecular flexibility index (Phi) is 28.5. The molecule has 1 heterocycles. The van der Waals surface area contributed by atoms with E-state index in [-0.39, 0.29) is 37.6 Å². The molecular weight excluding hydrogens is 871 g/mol. The van der Waals surface area contributed by atoms with Crippen molar-refractivity contribution in [3.63, 3.8) is 0 Å². The second-order valence-electron chi connectivity index (χ2n) is 19.9. The second kappa shape index (κ2) is 33.9. The van der Waals surface area contributed by atoms with Gasteiger partial charge in [-0.05, 0) is 80.6 Å². The van der Waals surface area contributed by atoms with E-state index in [0.29, 0.717) is 56.9 Å². The Morgan fingerprint density at radius 2 is 1.42 bits per heavy atom. The summed E-state index contributed by atoms with van der Waals surface area (Å²) in [6, 6.07) is 4.95. The van der Waals surface area contributed by atoms with E-state index in [0.717, 1.165) is 74.6 Å². The minimum Gasteiger partial charge on any atom is -0.459 e. The predicted octanol–water partition coefficient (Wildman–Crippen LogP) is 13.7. The van der Waals surface area contributed by atoms with Gasteiger partial charge in [-0.25, -0.2) is 9.59 Å². The number of fused-ring (bicyclic) bond motifs is 2. The van der Waals surface area contributed by atoms with E-state index in [1.54, 1.807) is 24.2 Å². The van der Waals surface area contributed by atoms with Crippen LogP contribution < -0.4 is 14.8 Å². The number of carbonyl (C=O) groups is 2. The molecule has 1 fully saturated rings. The summed E-state index contributed by atoms with van der Waals surface area (Å²) in [7, 11) is 1.55. The molecule has 12 heteroatoms. The average molecular weight is 966 g/mol. The van der Waals surface area contributed by atoms with Crippen molar-refractivity contribution in [3.8, 4) is 11.5 Å². The summed E-state index contributed by atoms with van der Waals surface area (Å²) in [5.74, 6) is -0.917. The van der Waals surface area contributed by atoms with Crippen LogP contribution in [0.3, 0.4) is 0 Å². The van der Waals surface area contributed by atoms with Crippen LogP contribution in [0.2, 0.25) is 0 Å². The van der Waals surface area contributed by atoms with Crippen molar-refractivity contribution in [2.45, 2.75) is 218 Å². The molecule has 0 aromatic heterocycles. The molecule has 1 saturated carbocycles. The highest BCUT2D eigenvalue weighted by atomic mass is 16.7. The largest absolute Gasteiger partial charge is 0.459 e. The van der Waals surface area contributed by atoms with Crippen molar-refractivity contribution in [1.29, 1.82) is 0 Å². The monoisotopic (exact) mass is 966 g/mol. The number of carbonyl (C=O) groups excluding carboxylic acids is 2. The lowest BCUT2D eigenvalue weighted by Gasteiger charge is -2.59. The topological polar surface area (TPSA) is 148 Å². The SMILES string of the molecule is C=CCO[C@@]12Oc3ccc(OC(=O)NCCCCCCCCCCCC)cc3[C@H]3[C@H](CCCCO)[C@@H](CCCCO)C=C(C(=NOC)C[C@@H]1N(CCC)C(=O)OCCCCCCCCCCCC)[C@H]32. The number of hydrogen-bond acceptors (Lipinski definition) is 10. The van der Waals surface area contributed by atoms with Crippen LogP contribution in [-0.4, -0.2) is 91.5 Å². The molecule has 1 aromatic rings. The van der Waals surface area contributed by atoms with E-state index in [9.17, 15) is 19.8 Å². The van der Waals surface area contributed by atoms with Gasteiger partial charge in [-0.2, -0.15) is 0 Å². The second-order valence-corrected chi connectivity index (χ2v) is 19.9. The molecule has 0 bridgehead atoms. The zero-order valence-corrected chi connectivity index (χ0v) is 43.7. The highest BCUT2D eigenvalue weighted by Crippen LogP contribution is 2.62. The molecule has 1 aliphatic heterocycles. The molecular formula is C57H95N3O9. The van der Waals surface area contributed by atoms with Gasteiger partial charge in [0.25, 0.3) is 0 Å². The van der Waals surface area contributed by atoms with Crippen LogP contribution in [0.25, 0.3) is 0 Å². The van der Waals surface area contributed by atoms with Gasteiger partial charge in [-0.1, -0.05) is 166 Å². The first-order valence-electron chi connectivity index (χ1n) is 27.8. The van der Waals surface area contributed by atoms with Crippen LogP contribution >= 0.6 is 0 Å². The van der Waals surface area contributed by atoms with Gasteiger partial charge in [0.05, 0.1) is 24.8 Å². The average Bonchev–Trinajstić information content (AvgIpc) is 3.35. The van der Waals surface area contributed by atoms with Crippen LogP contribution in [0.5, 0.6) is 11.5 Å². The van der Waals surface area contributed by atoms with Crippen LogP contribution in [0.4, 0.5) is 9.59 Å². The number of aliphatic hydroxyl groups excluding tert-OH is 2. The number of amides is 2. The summed E-state index contributed by atoms with van der Waals surface area (Å²) in [5, 5.41) is 27.5. The Hall–Kier alpha value is -3.61. The molecule has 3 aliphatic rings. The Labute approximate surface area is 417 Å². The summed E-state index contributed by atoms with van der Waals surface area (Å²) in [5.41, 5.74) is 2.58. The standard InChI is InChI=1S/C57H95N3O9/c1-6-10-12-14-16-18-20-22-24-28-36-58-55(63)68-46-34-35-51-49(43-46)53-47(33-27-30-39-62)45(32-26-29-38-61)42-48-50(59-65-5)44-52(57(69-51,54(48)53)67-40-9-4)60(37-8-3)56(64)66-41-31-25-23-21-19-17-15-13-11-7-2/h9,34-35,42-43,45,47,52-54,61-62H,4,6-8,10-33,36-41,44H2,1-3,5H3,(H,58,63)/t45-,47+,52-,53+,54+,57+/m0/s1. The molecule has 12 nitrogen and oxygen atoms in total. The van der Waals surface area contributed by atoms with E-state index >= 15 is 0 Å². The number of nitrogens with one attached hydrogen (secondary N) is 1. The molecule has 0 spiro atoms. The third kappa shape index (κ3) is 18.2. The first kappa shape index (κ1) is 58.0. The lowest BCUT2D eigenvalue weighted by Crippen LogP contribution is -2.70. The Morgan fingerprint density at radius 1 is 0.812 bits per heavy atom. The highest BCUT2D eigenvalue weighted by molar-refractivity contribution is 6.03. The first-order valence-corrected chi connectivity index (χ1v) is 27.8. The summed E-state index contributed by atoms with van der Waals surface area (Å²) >= 11 is 0. The Morgan fingerprint density at radius 3 is 2.01 bits per heavy atom. The summed E-state index contributed by atoms with van der Waals surface area (Å²) in [6.45, 7) is 12.3. The van der Waals surface area contributed by atoms with Crippen LogP contribution in [0, 0.1) is 17.8 Å². The number of oxime groups is 1. The lowest BCUT2D eigenvalue weighted by atomic mass is 9.55. The quantitative estimate of drug-likeness (QED) is 0.0334. The zero-order chi connectivity index (χ0) is 49.5. The fraction of sp³-hybridized carbons (Fsp3) is 0.772. The highest BCUT2D eigenvalue weighted by Gasteiger charge is 2.65. The van der Waals surface area contributed by atoms with Gasteiger partial charge in [0.2, 0.25) is 5.79 Å². The van der Waals surface area contributed by atoms with E-state index < -0.39 is 29.9 Å². The van der Waals surface area contributed by atoms with E-state index in [1.807, 2.05) is 12.1 Å². The van der Waals surface area contributed by atoms with Crippen LogP contribution in [0.1, 0.15) is 212 Å². The minimum atomic E-state index is -1.38. The fourth-order valence-corrected chi connectivity index (χ4v) is 11.2. The van der Waals surface area contributed by atoms with E-state index in [1.165, 1.54) is 96.3 Å². The van der Waals surface area contributed by atoms with Crippen LogP contribution in [0.15, 0.2) is 47.7 Å². The third-order valence-electron chi connectivity index (χ3n) is 14.7. The Bertz CT molecular complexity index is 1670. The van der Waals surface area contributed by atoms with Gasteiger partial charge >= 0.3 is 12.2 Å². The number of rotatable bonds is 38. The number of nitrogens with zero attached hydrogens (tertiary/aromatic N) is 2. The maximum absolute atomic E-state index is 14.5. The van der Waals surface area contributed by atoms with Crippen molar-refractivity contribution >= 4 is 17.9 Å². The molecule has 6 atom stereocenters. The van der Waals surface area contributed by atoms with Crippen molar-refractivity contribution in [1.82, 2.24) is 10.2 Å². The van der Waals surface area contributed by atoms with Crippen LogP contribution in [-0.2, 0) is 14.3 Å². The van der Waals surface area contributed by atoms with E-state index in [2.05, 4.69) is 38.7 Å². The molecule has 392 valence electrons. The molecule has 1 aromatic carbocycles. The molecule has 2 aliphatic carbocycles. The van der Waals surface area contributed by atoms with Gasteiger partial charge in [-0.3, -0.25) is 4.90 Å². The number of hydrogen-bond donors (Lipinski definition) is 3.